The summed E-state index contributed by atoms with van der Waals surface area (Å²) < 4.78 is 0. The molecule has 0 fully saturated rings. The van der Waals surface area contributed by atoms with Crippen LogP contribution in [0.5, 0.6) is 0 Å². The zero-order valence-corrected chi connectivity index (χ0v) is 23.6. The molecular weight excluding hydrogens is 580 g/mol. The smallest absolute Gasteiger partial charge is 0.323 e. The van der Waals surface area contributed by atoms with Gasteiger partial charge in [0.25, 0.3) is 0 Å². The minimum atomic E-state index is -1.47. The van der Waals surface area contributed by atoms with Crippen LogP contribution in [0.15, 0.2) is 0 Å². The van der Waals surface area contributed by atoms with E-state index in [1.807, 2.05) is 0 Å². The molecule has 0 rings (SSSR count). The quantitative estimate of drug-likeness (QED) is 0.0593. The highest BCUT2D eigenvalue weighted by Gasteiger charge is 2.22. The van der Waals surface area contributed by atoms with E-state index >= 15 is 0 Å². The van der Waals surface area contributed by atoms with E-state index in [0.717, 1.165) is 0 Å². The van der Waals surface area contributed by atoms with Crippen molar-refractivity contribution in [2.45, 2.75) is 20.3 Å². The minimum Gasteiger partial charge on any atom is -0.480 e. The predicted octanol–water partition coefficient (Wildman–Crippen LogP) is -6.06. The first kappa shape index (κ1) is 37.7. The summed E-state index contributed by atoms with van der Waals surface area (Å²) in [6, 6.07) is 0. The molecule has 0 atom stereocenters. The molecule has 240 valence electrons. The number of carbonyl (C=O) groups excluding carboxylic acids is 8. The Balaban J connectivity index is 4.77. The highest BCUT2D eigenvalue weighted by molar-refractivity contribution is 5.94. The number of nitrogens with one attached hydrogen (secondary N) is 6. The average Bonchev–Trinajstić information content (AvgIpc) is 2.92. The fraction of sp³-hybridized carbons (Fsp3) is 0.565. The van der Waals surface area contributed by atoms with Crippen molar-refractivity contribution in [3.63, 3.8) is 0 Å². The molecule has 0 saturated heterocycles. The van der Waals surface area contributed by atoms with Crippen molar-refractivity contribution in [2.75, 3.05) is 65.4 Å². The van der Waals surface area contributed by atoms with Gasteiger partial charge in [0.2, 0.25) is 47.3 Å². The molecule has 0 unspecified atom stereocenters. The maximum absolute atomic E-state index is 12.4. The largest absolute Gasteiger partial charge is 0.480 e. The topological polar surface area (TPSA) is 290 Å². The van der Waals surface area contributed by atoms with E-state index in [1.54, 1.807) is 6.92 Å². The Morgan fingerprint density at radius 3 is 1.26 bits per heavy atom. The minimum absolute atomic E-state index is 0.0206. The third-order valence-electron chi connectivity index (χ3n) is 4.93. The number of nitrogens with zero attached hydrogens (tertiary/aromatic N) is 2. The van der Waals surface area contributed by atoms with Gasteiger partial charge in [0.1, 0.15) is 26.2 Å². The molecule has 43 heavy (non-hydrogen) atoms. The van der Waals surface area contributed by atoms with Crippen LogP contribution in [0, 0.1) is 0 Å². The van der Waals surface area contributed by atoms with Gasteiger partial charge >= 0.3 is 11.9 Å². The molecule has 0 aromatic rings. The highest BCUT2D eigenvalue weighted by atomic mass is 16.4. The van der Waals surface area contributed by atoms with Crippen molar-refractivity contribution >= 4 is 59.2 Å². The Hall–Kier alpha value is -5.30. The van der Waals surface area contributed by atoms with Gasteiger partial charge in [-0.25, -0.2) is 0 Å². The van der Waals surface area contributed by atoms with Crippen LogP contribution in [0.1, 0.15) is 20.3 Å². The standard InChI is InChI=1S/C23H36N8O12/c1-3-15(33)26-6-16(34)28-9-21(39)31(13-23(42)43)11-19(37)27-7-17(35)29-8-20(38)30(12-22(40)41)10-18(36)25-5-4-24-14(2)32/h3-13H2,1-2H3,(H,24,32)(H,25,36)(H,26,33)(H,27,37)(H,28,34)(H,29,35)(H,40,41)(H,42,43). The monoisotopic (exact) mass is 616 g/mol. The van der Waals surface area contributed by atoms with Crippen LogP contribution in [-0.2, 0) is 47.9 Å². The summed E-state index contributed by atoms with van der Waals surface area (Å²) in [6.45, 7) is -2.79. The van der Waals surface area contributed by atoms with E-state index in [-0.39, 0.29) is 25.4 Å². The van der Waals surface area contributed by atoms with Gasteiger partial charge < -0.3 is 51.9 Å². The Kier molecular flexibility index (Phi) is 18.0. The summed E-state index contributed by atoms with van der Waals surface area (Å²) in [5.74, 6) is -8.83. The first-order valence-corrected chi connectivity index (χ1v) is 12.7. The molecule has 0 spiro atoms. The lowest BCUT2D eigenvalue weighted by Gasteiger charge is -2.21. The van der Waals surface area contributed by atoms with Crippen LogP contribution in [0.2, 0.25) is 0 Å². The van der Waals surface area contributed by atoms with Crippen LogP contribution in [-0.4, -0.2) is 145 Å². The van der Waals surface area contributed by atoms with Crippen LogP contribution in [0.4, 0.5) is 0 Å². The molecule has 20 nitrogen and oxygen atoms in total. The number of rotatable bonds is 20. The maximum atomic E-state index is 12.4. The number of hydrogen-bond donors (Lipinski definition) is 8. The van der Waals surface area contributed by atoms with Crippen LogP contribution < -0.4 is 31.9 Å². The molecule has 0 aliphatic rings. The summed E-state index contributed by atoms with van der Waals surface area (Å²) in [5.41, 5.74) is 0. The van der Waals surface area contributed by atoms with Crippen molar-refractivity contribution < 1.29 is 58.2 Å². The van der Waals surface area contributed by atoms with Gasteiger partial charge in [-0.05, 0) is 0 Å². The Bertz CT molecular complexity index is 1080. The molecule has 20 heteroatoms. The SMILES string of the molecule is CCC(=O)NCC(=O)NCC(=O)N(CC(=O)O)CC(=O)NCC(=O)NCC(=O)N(CC(=O)O)CC(=O)NCCNC(C)=O. The molecule has 0 aliphatic heterocycles. The molecule has 0 aliphatic carbocycles. The van der Waals surface area contributed by atoms with Crippen molar-refractivity contribution in [3.8, 4) is 0 Å². The summed E-state index contributed by atoms with van der Waals surface area (Å²) in [7, 11) is 0. The zero-order valence-electron chi connectivity index (χ0n) is 23.6. The summed E-state index contributed by atoms with van der Waals surface area (Å²) in [4.78, 5) is 118. The lowest BCUT2D eigenvalue weighted by molar-refractivity contribution is -0.146. The molecule has 0 aromatic carbocycles. The van der Waals surface area contributed by atoms with Crippen molar-refractivity contribution in [1.29, 1.82) is 0 Å². The van der Waals surface area contributed by atoms with E-state index in [0.29, 0.717) is 9.80 Å². The van der Waals surface area contributed by atoms with E-state index in [2.05, 4.69) is 31.9 Å². The lowest BCUT2D eigenvalue weighted by Crippen LogP contribution is -2.50. The Morgan fingerprint density at radius 2 is 0.860 bits per heavy atom. The van der Waals surface area contributed by atoms with Gasteiger partial charge in [-0.2, -0.15) is 0 Å². The molecule has 0 aromatic heterocycles. The number of carboxylic acid groups (broad SMARTS) is 2. The predicted molar refractivity (Wildman–Crippen MR) is 142 cm³/mol. The third-order valence-corrected chi connectivity index (χ3v) is 4.93. The van der Waals surface area contributed by atoms with Crippen molar-refractivity contribution in [3.05, 3.63) is 0 Å². The first-order chi connectivity index (χ1) is 20.1. The molecule has 8 N–H and O–H groups in total. The number of carboxylic acids is 2. The molecule has 0 radical (unpaired) electrons. The number of hydrogen-bond acceptors (Lipinski definition) is 10. The fourth-order valence-electron chi connectivity index (χ4n) is 2.87. The van der Waals surface area contributed by atoms with Crippen molar-refractivity contribution in [1.82, 2.24) is 41.7 Å². The van der Waals surface area contributed by atoms with Crippen LogP contribution >= 0.6 is 0 Å². The van der Waals surface area contributed by atoms with Gasteiger partial charge in [-0.3, -0.25) is 47.9 Å². The van der Waals surface area contributed by atoms with E-state index in [1.165, 1.54) is 6.92 Å². The average molecular weight is 617 g/mol. The highest BCUT2D eigenvalue weighted by Crippen LogP contribution is 1.92. The van der Waals surface area contributed by atoms with Crippen LogP contribution in [0.25, 0.3) is 0 Å². The molecule has 0 bridgehead atoms. The zero-order chi connectivity index (χ0) is 32.9. The Labute approximate surface area is 245 Å². The Morgan fingerprint density at radius 1 is 0.488 bits per heavy atom. The van der Waals surface area contributed by atoms with Crippen molar-refractivity contribution in [2.24, 2.45) is 0 Å². The maximum Gasteiger partial charge on any atom is 0.323 e. The third kappa shape index (κ3) is 19.4. The number of carbonyl (C=O) groups is 10. The molecule has 0 saturated carbocycles. The second-order valence-electron chi connectivity index (χ2n) is 8.58. The van der Waals surface area contributed by atoms with Gasteiger partial charge in [0.15, 0.2) is 0 Å². The summed E-state index contributed by atoms with van der Waals surface area (Å²) >= 11 is 0. The fourth-order valence-corrected chi connectivity index (χ4v) is 2.87. The van der Waals surface area contributed by atoms with E-state index in [4.69, 9.17) is 10.2 Å². The number of aliphatic carboxylic acids is 2. The molecule has 0 heterocycles. The normalized spacial score (nSPS) is 9.91. The summed E-state index contributed by atoms with van der Waals surface area (Å²) in [5, 5.41) is 31.5. The van der Waals surface area contributed by atoms with Gasteiger partial charge in [-0.1, -0.05) is 6.92 Å². The second-order valence-corrected chi connectivity index (χ2v) is 8.58. The first-order valence-electron chi connectivity index (χ1n) is 12.7. The van der Waals surface area contributed by atoms with Gasteiger partial charge in [-0.15, -0.1) is 0 Å². The number of amides is 8. The van der Waals surface area contributed by atoms with E-state index in [9.17, 15) is 47.9 Å². The van der Waals surface area contributed by atoms with Gasteiger partial charge in [0.05, 0.1) is 26.2 Å². The molecule has 8 amide bonds. The van der Waals surface area contributed by atoms with E-state index < -0.39 is 106 Å². The molecular formula is C23H36N8O12. The van der Waals surface area contributed by atoms with Crippen LogP contribution in [0.3, 0.4) is 0 Å². The summed E-state index contributed by atoms with van der Waals surface area (Å²) in [6.07, 6.45) is 0.132. The second kappa shape index (κ2) is 20.6. The van der Waals surface area contributed by atoms with Gasteiger partial charge in [0, 0.05) is 26.4 Å². The lowest BCUT2D eigenvalue weighted by atomic mass is 10.3.